The number of hydrogen-bond acceptors (Lipinski definition) is 5. The number of nitrogens with one attached hydrogen (secondary N) is 2. The summed E-state index contributed by atoms with van der Waals surface area (Å²) >= 11 is 0. The minimum absolute atomic E-state index is 0.183. The van der Waals surface area contributed by atoms with Crippen molar-refractivity contribution in [2.24, 2.45) is 0 Å². The number of aromatic nitrogens is 3. The number of likely N-dealkylation sites (tertiary alicyclic amines) is 1. The van der Waals surface area contributed by atoms with E-state index in [1.807, 2.05) is 24.1 Å². The molecule has 0 saturated carbocycles. The lowest BCUT2D eigenvalue weighted by Gasteiger charge is -2.36. The third-order valence-electron chi connectivity index (χ3n) is 5.53. The van der Waals surface area contributed by atoms with Crippen LogP contribution >= 0.6 is 0 Å². The van der Waals surface area contributed by atoms with Crippen LogP contribution in [-0.4, -0.2) is 47.2 Å². The van der Waals surface area contributed by atoms with Crippen LogP contribution in [-0.2, 0) is 10.0 Å². The number of sulfonamides is 1. The maximum Gasteiger partial charge on any atom is 0.256 e. The number of pyridine rings is 1. The van der Waals surface area contributed by atoms with Crippen molar-refractivity contribution in [1.29, 1.82) is 0 Å². The Hall–Kier alpha value is -3.20. The van der Waals surface area contributed by atoms with Crippen LogP contribution in [0, 0.1) is 6.92 Å². The average Bonchev–Trinajstić information content (AvgIpc) is 3.22. The first-order valence-electron chi connectivity index (χ1n) is 10.2. The van der Waals surface area contributed by atoms with E-state index in [2.05, 4.69) is 19.9 Å². The molecular weight excluding hydrogens is 414 g/mol. The summed E-state index contributed by atoms with van der Waals surface area (Å²) in [6.45, 7) is 2.58. The van der Waals surface area contributed by atoms with Gasteiger partial charge in [-0.15, -0.1) is 0 Å². The molecule has 0 bridgehead atoms. The van der Waals surface area contributed by atoms with Gasteiger partial charge in [-0.25, -0.2) is 8.42 Å². The van der Waals surface area contributed by atoms with Crippen molar-refractivity contribution in [3.8, 4) is 11.1 Å². The molecule has 2 N–H and O–H groups in total. The number of aryl methyl sites for hydroxylation is 1. The number of H-pyrrole nitrogens is 1. The number of piperidine rings is 1. The van der Waals surface area contributed by atoms with Crippen molar-refractivity contribution in [3.05, 3.63) is 65.7 Å². The molecule has 2 aromatic heterocycles. The summed E-state index contributed by atoms with van der Waals surface area (Å²) in [5.74, 6) is -0.205. The molecule has 0 aliphatic carbocycles. The second kappa shape index (κ2) is 8.50. The Morgan fingerprint density at radius 2 is 1.97 bits per heavy atom. The largest absolute Gasteiger partial charge is 0.330 e. The highest BCUT2D eigenvalue weighted by molar-refractivity contribution is 7.92. The van der Waals surface area contributed by atoms with Crippen LogP contribution in [0.15, 0.2) is 48.9 Å². The number of anilines is 1. The molecule has 1 atom stereocenters. The smallest absolute Gasteiger partial charge is 0.256 e. The number of amides is 1. The predicted molar refractivity (Wildman–Crippen MR) is 119 cm³/mol. The van der Waals surface area contributed by atoms with Crippen molar-refractivity contribution in [2.45, 2.75) is 32.2 Å². The first kappa shape index (κ1) is 21.0. The molecule has 162 valence electrons. The number of carbonyl (C=O) groups excluding carboxylic acids is 1. The quantitative estimate of drug-likeness (QED) is 0.632. The highest BCUT2D eigenvalue weighted by Crippen LogP contribution is 2.37. The summed E-state index contributed by atoms with van der Waals surface area (Å²) < 4.78 is 26.0. The van der Waals surface area contributed by atoms with Crippen LogP contribution in [0.1, 0.15) is 46.9 Å². The minimum Gasteiger partial charge on any atom is -0.330 e. The fraction of sp³-hybridized carbons (Fsp3) is 0.318. The van der Waals surface area contributed by atoms with Crippen molar-refractivity contribution in [3.63, 3.8) is 0 Å². The van der Waals surface area contributed by atoms with E-state index in [9.17, 15) is 13.2 Å². The number of rotatable bonds is 5. The number of carbonyl (C=O) groups is 1. The molecule has 0 radical (unpaired) electrons. The maximum absolute atomic E-state index is 13.6. The first-order chi connectivity index (χ1) is 14.8. The van der Waals surface area contributed by atoms with Gasteiger partial charge >= 0.3 is 0 Å². The number of benzene rings is 1. The van der Waals surface area contributed by atoms with Gasteiger partial charge in [-0.1, -0.05) is 12.1 Å². The Labute approximate surface area is 181 Å². The van der Waals surface area contributed by atoms with E-state index in [1.54, 1.807) is 36.7 Å². The highest BCUT2D eigenvalue weighted by atomic mass is 32.2. The Bertz CT molecular complexity index is 1210. The van der Waals surface area contributed by atoms with E-state index in [0.29, 0.717) is 12.1 Å². The monoisotopic (exact) mass is 439 g/mol. The number of para-hydroxylation sites is 1. The van der Waals surface area contributed by atoms with Crippen LogP contribution in [0.5, 0.6) is 0 Å². The Balaban J connectivity index is 1.72. The summed E-state index contributed by atoms with van der Waals surface area (Å²) in [7, 11) is -3.51. The van der Waals surface area contributed by atoms with Crippen LogP contribution in [0.3, 0.4) is 0 Å². The maximum atomic E-state index is 13.6. The van der Waals surface area contributed by atoms with E-state index < -0.39 is 10.0 Å². The van der Waals surface area contributed by atoms with E-state index in [0.717, 1.165) is 47.9 Å². The fourth-order valence-corrected chi connectivity index (χ4v) is 4.71. The summed E-state index contributed by atoms with van der Waals surface area (Å²) in [6, 6.07) is 8.47. The lowest BCUT2D eigenvalue weighted by atomic mass is 9.93. The van der Waals surface area contributed by atoms with Crippen LogP contribution in [0.25, 0.3) is 11.1 Å². The number of aromatic amines is 1. The van der Waals surface area contributed by atoms with Gasteiger partial charge in [0, 0.05) is 24.5 Å². The van der Waals surface area contributed by atoms with E-state index in [1.165, 1.54) is 0 Å². The van der Waals surface area contributed by atoms with Crippen LogP contribution in [0.4, 0.5) is 5.69 Å². The topological polar surface area (TPSA) is 108 Å². The molecule has 8 nitrogen and oxygen atoms in total. The molecule has 3 aromatic rings. The van der Waals surface area contributed by atoms with Crippen molar-refractivity contribution in [2.75, 3.05) is 17.5 Å². The summed E-state index contributed by atoms with van der Waals surface area (Å²) in [5.41, 5.74) is 4.51. The standard InChI is InChI=1S/C22H25N5O3S/c1-15-13-23-11-10-16(15)18-14-24-25-21(18)20-9-5-6-12-27(20)22(28)17-7-3-4-8-19(17)26-31(2,29)30/h3-4,7-8,10-11,13-14,20,26H,5-6,9,12H2,1-2H3,(H,24,25). The summed E-state index contributed by atoms with van der Waals surface area (Å²) in [4.78, 5) is 19.6. The van der Waals surface area contributed by atoms with Crippen molar-refractivity contribution in [1.82, 2.24) is 20.1 Å². The lowest BCUT2D eigenvalue weighted by molar-refractivity contribution is 0.0608. The zero-order chi connectivity index (χ0) is 22.0. The molecule has 1 fully saturated rings. The van der Waals surface area contributed by atoms with Gasteiger partial charge in [0.15, 0.2) is 0 Å². The molecule has 3 heterocycles. The molecule has 31 heavy (non-hydrogen) atoms. The summed E-state index contributed by atoms with van der Waals surface area (Å²) in [6.07, 6.45) is 9.10. The van der Waals surface area contributed by atoms with Crippen LogP contribution < -0.4 is 4.72 Å². The van der Waals surface area contributed by atoms with Gasteiger partial charge < -0.3 is 4.90 Å². The number of hydrogen-bond donors (Lipinski definition) is 2. The van der Waals surface area contributed by atoms with Gasteiger partial charge in [0.05, 0.1) is 35.4 Å². The SMILES string of the molecule is Cc1cnccc1-c1cn[nH]c1C1CCCCN1C(=O)c1ccccc1NS(C)(=O)=O. The molecule has 1 aromatic carbocycles. The fourth-order valence-electron chi connectivity index (χ4n) is 4.13. The minimum atomic E-state index is -3.51. The predicted octanol–water partition coefficient (Wildman–Crippen LogP) is 3.52. The second-order valence-electron chi connectivity index (χ2n) is 7.82. The molecule has 1 aliphatic heterocycles. The van der Waals surface area contributed by atoms with E-state index >= 15 is 0 Å². The Kier molecular flexibility index (Phi) is 5.77. The molecule has 1 amide bonds. The molecule has 1 unspecified atom stereocenters. The molecule has 1 aliphatic rings. The Morgan fingerprint density at radius 1 is 1.16 bits per heavy atom. The average molecular weight is 440 g/mol. The van der Waals surface area contributed by atoms with E-state index in [4.69, 9.17) is 0 Å². The van der Waals surface area contributed by atoms with Crippen molar-refractivity contribution >= 4 is 21.6 Å². The van der Waals surface area contributed by atoms with Gasteiger partial charge in [-0.05, 0) is 55.5 Å². The van der Waals surface area contributed by atoms with Gasteiger partial charge in [-0.3, -0.25) is 19.6 Å². The third-order valence-corrected chi connectivity index (χ3v) is 6.12. The van der Waals surface area contributed by atoms with Gasteiger partial charge in [0.2, 0.25) is 10.0 Å². The van der Waals surface area contributed by atoms with Gasteiger partial charge in [-0.2, -0.15) is 5.10 Å². The van der Waals surface area contributed by atoms with Gasteiger partial charge in [0.25, 0.3) is 5.91 Å². The van der Waals surface area contributed by atoms with E-state index in [-0.39, 0.29) is 17.6 Å². The van der Waals surface area contributed by atoms with Crippen molar-refractivity contribution < 1.29 is 13.2 Å². The molecular formula is C22H25N5O3S. The zero-order valence-electron chi connectivity index (χ0n) is 17.5. The number of nitrogens with zero attached hydrogens (tertiary/aromatic N) is 3. The molecule has 0 spiro atoms. The molecule has 9 heteroatoms. The normalized spacial score (nSPS) is 16.8. The first-order valence-corrected chi connectivity index (χ1v) is 12.1. The second-order valence-corrected chi connectivity index (χ2v) is 9.57. The highest BCUT2D eigenvalue weighted by Gasteiger charge is 2.32. The summed E-state index contributed by atoms with van der Waals surface area (Å²) in [5, 5.41) is 7.39. The zero-order valence-corrected chi connectivity index (χ0v) is 18.3. The Morgan fingerprint density at radius 3 is 2.74 bits per heavy atom. The molecule has 1 saturated heterocycles. The lowest BCUT2D eigenvalue weighted by Crippen LogP contribution is -2.39. The van der Waals surface area contributed by atoms with Crippen LogP contribution in [0.2, 0.25) is 0 Å². The molecule has 4 rings (SSSR count). The third kappa shape index (κ3) is 4.46. The van der Waals surface area contributed by atoms with Gasteiger partial charge in [0.1, 0.15) is 0 Å².